The quantitative estimate of drug-likeness (QED) is 0.474. The number of amides is 2. The van der Waals surface area contributed by atoms with E-state index in [9.17, 15) is 14.9 Å². The summed E-state index contributed by atoms with van der Waals surface area (Å²) in [5.41, 5.74) is 3.71. The predicted molar refractivity (Wildman–Crippen MR) is 127 cm³/mol. The molecule has 0 spiro atoms. The average Bonchev–Trinajstić information content (AvgIpc) is 3.18. The zero-order valence-electron chi connectivity index (χ0n) is 18.3. The van der Waals surface area contributed by atoms with Gasteiger partial charge in [0.1, 0.15) is 17.5 Å². The van der Waals surface area contributed by atoms with Gasteiger partial charge >= 0.3 is 0 Å². The summed E-state index contributed by atoms with van der Waals surface area (Å²) < 4.78 is 0. The molecule has 6 heteroatoms. The largest absolute Gasteiger partial charge is 0.345 e. The Morgan fingerprint density at radius 2 is 1.55 bits per heavy atom. The standard InChI is InChI=1S/C27H22N4O2/c1-17-10-6-7-13-20(17)26(32)31-25-22-15-9-8-14-21(22)24(30-25)23(16-28)27(33)29-18(2)19-11-4-3-5-12-19/h3-15,18H,1-2H3,(H,29,33)(H,30,31,32)/b24-23-. The van der Waals surface area contributed by atoms with E-state index in [0.29, 0.717) is 22.5 Å². The number of nitrogens with one attached hydrogen (secondary N) is 2. The fraction of sp³-hybridized carbons (Fsp3) is 0.111. The molecular formula is C27H22N4O2. The van der Waals surface area contributed by atoms with Crippen molar-refractivity contribution in [3.63, 3.8) is 0 Å². The summed E-state index contributed by atoms with van der Waals surface area (Å²) in [7, 11) is 0. The number of amidine groups is 1. The molecule has 6 nitrogen and oxygen atoms in total. The van der Waals surface area contributed by atoms with Crippen LogP contribution in [0.4, 0.5) is 0 Å². The average molecular weight is 434 g/mol. The summed E-state index contributed by atoms with van der Waals surface area (Å²) in [6.45, 7) is 3.71. The van der Waals surface area contributed by atoms with Crippen LogP contribution in [0.5, 0.6) is 0 Å². The minimum absolute atomic E-state index is 0.106. The molecule has 1 aliphatic rings. The molecule has 0 saturated heterocycles. The molecule has 4 rings (SSSR count). The summed E-state index contributed by atoms with van der Waals surface area (Å²) in [5.74, 6) is -0.511. The number of carbonyl (C=O) groups excluding carboxylic acids is 2. The van der Waals surface area contributed by atoms with E-state index in [1.165, 1.54) is 0 Å². The number of fused-ring (bicyclic) bond motifs is 1. The number of nitriles is 1. The first kappa shape index (κ1) is 21.7. The van der Waals surface area contributed by atoms with Crippen LogP contribution in [0.3, 0.4) is 0 Å². The van der Waals surface area contributed by atoms with Gasteiger partial charge in [0.15, 0.2) is 0 Å². The monoisotopic (exact) mass is 434 g/mol. The van der Waals surface area contributed by atoms with Gasteiger partial charge in [0.2, 0.25) is 0 Å². The fourth-order valence-electron chi connectivity index (χ4n) is 3.72. The van der Waals surface area contributed by atoms with E-state index < -0.39 is 5.91 Å². The molecule has 1 aliphatic heterocycles. The number of hydrogen-bond acceptors (Lipinski definition) is 4. The second-order valence-corrected chi connectivity index (χ2v) is 7.72. The van der Waals surface area contributed by atoms with Crippen molar-refractivity contribution >= 4 is 23.3 Å². The van der Waals surface area contributed by atoms with Gasteiger partial charge in [-0.1, -0.05) is 72.8 Å². The molecule has 2 amide bonds. The lowest BCUT2D eigenvalue weighted by atomic mass is 10.0. The molecule has 0 bridgehead atoms. The maximum absolute atomic E-state index is 13.0. The molecule has 0 fully saturated rings. The van der Waals surface area contributed by atoms with Crippen molar-refractivity contribution in [1.82, 2.24) is 10.6 Å². The molecule has 33 heavy (non-hydrogen) atoms. The summed E-state index contributed by atoms with van der Waals surface area (Å²) in [6.07, 6.45) is 0. The van der Waals surface area contributed by atoms with Crippen molar-refractivity contribution < 1.29 is 9.59 Å². The molecule has 1 unspecified atom stereocenters. The number of benzene rings is 3. The van der Waals surface area contributed by atoms with Crippen LogP contribution in [0.1, 0.15) is 45.6 Å². The highest BCUT2D eigenvalue weighted by Crippen LogP contribution is 2.31. The van der Waals surface area contributed by atoms with Crippen molar-refractivity contribution in [1.29, 1.82) is 5.26 Å². The third-order valence-electron chi connectivity index (χ3n) is 5.51. The minimum atomic E-state index is -0.520. The van der Waals surface area contributed by atoms with Gasteiger partial charge in [0, 0.05) is 16.7 Å². The molecule has 0 saturated carbocycles. The Morgan fingerprint density at radius 3 is 2.24 bits per heavy atom. The number of aliphatic imine (C=N–C) groups is 1. The lowest BCUT2D eigenvalue weighted by Crippen LogP contribution is -2.30. The first-order valence-electron chi connectivity index (χ1n) is 10.5. The minimum Gasteiger partial charge on any atom is -0.345 e. The van der Waals surface area contributed by atoms with Crippen LogP contribution in [-0.4, -0.2) is 17.6 Å². The molecular weight excluding hydrogens is 412 g/mol. The topological polar surface area (TPSA) is 94.3 Å². The Bertz CT molecular complexity index is 1330. The second-order valence-electron chi connectivity index (χ2n) is 7.72. The van der Waals surface area contributed by atoms with Gasteiger partial charge in [-0.05, 0) is 31.0 Å². The van der Waals surface area contributed by atoms with E-state index in [1.54, 1.807) is 30.3 Å². The molecule has 1 atom stereocenters. The van der Waals surface area contributed by atoms with Crippen LogP contribution in [0, 0.1) is 18.3 Å². The number of carbonyl (C=O) groups is 2. The van der Waals surface area contributed by atoms with E-state index >= 15 is 0 Å². The van der Waals surface area contributed by atoms with Crippen LogP contribution in [-0.2, 0) is 4.79 Å². The van der Waals surface area contributed by atoms with Gasteiger partial charge in [0.25, 0.3) is 11.8 Å². The smallest absolute Gasteiger partial charge is 0.264 e. The van der Waals surface area contributed by atoms with Crippen molar-refractivity contribution in [2.75, 3.05) is 0 Å². The van der Waals surface area contributed by atoms with Gasteiger partial charge in [0.05, 0.1) is 11.7 Å². The summed E-state index contributed by atoms with van der Waals surface area (Å²) >= 11 is 0. The molecule has 1 heterocycles. The van der Waals surface area contributed by atoms with Crippen LogP contribution >= 0.6 is 0 Å². The molecule has 0 radical (unpaired) electrons. The third-order valence-corrected chi connectivity index (χ3v) is 5.51. The lowest BCUT2D eigenvalue weighted by Gasteiger charge is -2.14. The summed E-state index contributed by atoms with van der Waals surface area (Å²) in [5, 5.41) is 15.5. The molecule has 2 N–H and O–H groups in total. The highest BCUT2D eigenvalue weighted by Gasteiger charge is 2.28. The van der Waals surface area contributed by atoms with Crippen LogP contribution in [0.15, 0.2) is 89.4 Å². The van der Waals surface area contributed by atoms with Crippen molar-refractivity contribution in [2.45, 2.75) is 19.9 Å². The van der Waals surface area contributed by atoms with Crippen LogP contribution in [0.2, 0.25) is 0 Å². The predicted octanol–water partition coefficient (Wildman–Crippen LogP) is 4.30. The van der Waals surface area contributed by atoms with Crippen molar-refractivity contribution in [3.05, 3.63) is 112 Å². The van der Waals surface area contributed by atoms with Gasteiger partial charge in [-0.25, -0.2) is 4.99 Å². The number of aryl methyl sites for hydroxylation is 1. The van der Waals surface area contributed by atoms with Gasteiger partial charge in [-0.3, -0.25) is 9.59 Å². The molecule has 3 aromatic carbocycles. The zero-order chi connectivity index (χ0) is 23.4. The fourth-order valence-corrected chi connectivity index (χ4v) is 3.72. The van der Waals surface area contributed by atoms with E-state index in [4.69, 9.17) is 0 Å². The Hall–Kier alpha value is -4.50. The normalized spacial score (nSPS) is 14.4. The zero-order valence-corrected chi connectivity index (χ0v) is 18.3. The molecule has 162 valence electrons. The van der Waals surface area contributed by atoms with Gasteiger partial charge in [-0.15, -0.1) is 0 Å². The Kier molecular flexibility index (Phi) is 6.14. The molecule has 0 aromatic heterocycles. The third kappa shape index (κ3) is 4.43. The van der Waals surface area contributed by atoms with Gasteiger partial charge < -0.3 is 10.6 Å². The Balaban J connectivity index is 1.67. The molecule has 0 aliphatic carbocycles. The number of hydrogen-bond donors (Lipinski definition) is 2. The van der Waals surface area contributed by atoms with E-state index in [2.05, 4.69) is 15.6 Å². The van der Waals surface area contributed by atoms with E-state index in [-0.39, 0.29) is 23.2 Å². The highest BCUT2D eigenvalue weighted by atomic mass is 16.2. The van der Waals surface area contributed by atoms with E-state index in [0.717, 1.165) is 11.1 Å². The number of nitrogens with zero attached hydrogens (tertiary/aromatic N) is 2. The first-order chi connectivity index (χ1) is 16.0. The first-order valence-corrected chi connectivity index (χ1v) is 10.5. The SMILES string of the molecule is Cc1ccccc1C(=O)NC1=N/C(=C(/C#N)C(=O)NC(C)c2ccccc2)c2ccccc21. The van der Waals surface area contributed by atoms with Gasteiger partial charge in [-0.2, -0.15) is 5.26 Å². The van der Waals surface area contributed by atoms with Crippen LogP contribution in [0.25, 0.3) is 5.70 Å². The maximum atomic E-state index is 13.0. The second kappa shape index (κ2) is 9.33. The van der Waals surface area contributed by atoms with E-state index in [1.807, 2.05) is 68.4 Å². The van der Waals surface area contributed by atoms with Crippen LogP contribution < -0.4 is 10.6 Å². The summed E-state index contributed by atoms with van der Waals surface area (Å²) in [4.78, 5) is 30.4. The van der Waals surface area contributed by atoms with Crippen molar-refractivity contribution in [3.8, 4) is 6.07 Å². The Labute approximate surface area is 192 Å². The maximum Gasteiger partial charge on any atom is 0.264 e. The number of rotatable bonds is 4. The molecule has 3 aromatic rings. The Morgan fingerprint density at radius 1 is 0.909 bits per heavy atom. The summed E-state index contributed by atoms with van der Waals surface area (Å²) in [6, 6.07) is 25.7. The highest BCUT2D eigenvalue weighted by molar-refractivity contribution is 6.20. The lowest BCUT2D eigenvalue weighted by molar-refractivity contribution is -0.117. The van der Waals surface area contributed by atoms with Crippen molar-refractivity contribution in [2.24, 2.45) is 4.99 Å².